The lowest BCUT2D eigenvalue weighted by Crippen LogP contribution is -2.18. The number of aromatic nitrogens is 2. The molecule has 0 aliphatic carbocycles. The molecule has 0 amide bonds. The predicted molar refractivity (Wildman–Crippen MR) is 62.2 cm³/mol. The zero-order valence-electron chi connectivity index (χ0n) is 10.1. The van der Waals surface area contributed by atoms with E-state index in [1.165, 1.54) is 5.69 Å². The van der Waals surface area contributed by atoms with Crippen LogP contribution in [-0.2, 0) is 18.3 Å². The zero-order valence-corrected chi connectivity index (χ0v) is 10.1. The Morgan fingerprint density at radius 2 is 2.31 bits per heavy atom. The van der Waals surface area contributed by atoms with Crippen molar-refractivity contribution in [3.63, 3.8) is 0 Å². The fraction of sp³-hybridized carbons (Fsp3) is 0.727. The maximum absolute atomic E-state index is 8.50. The first-order valence-electron chi connectivity index (χ1n) is 5.63. The number of aliphatic hydroxyl groups is 1. The van der Waals surface area contributed by atoms with Crippen molar-refractivity contribution in [3.05, 3.63) is 17.5 Å². The fourth-order valence-electron chi connectivity index (χ4n) is 1.51. The average Bonchev–Trinajstić information content (AvgIpc) is 2.56. The molecule has 1 heterocycles. The second-order valence-corrected chi connectivity index (χ2v) is 3.77. The summed E-state index contributed by atoms with van der Waals surface area (Å²) >= 11 is 0. The molecule has 0 saturated heterocycles. The maximum Gasteiger partial charge on any atom is 0.0697 e. The van der Waals surface area contributed by atoms with Gasteiger partial charge in [-0.15, -0.1) is 0 Å². The van der Waals surface area contributed by atoms with Gasteiger partial charge in [0.25, 0.3) is 0 Å². The first kappa shape index (κ1) is 13.2. The van der Waals surface area contributed by atoms with Gasteiger partial charge in [-0.05, 0) is 26.0 Å². The van der Waals surface area contributed by atoms with Crippen molar-refractivity contribution in [1.29, 1.82) is 0 Å². The van der Waals surface area contributed by atoms with Gasteiger partial charge in [-0.3, -0.25) is 4.68 Å². The molecule has 0 aromatic carbocycles. The molecule has 0 bridgehead atoms. The summed E-state index contributed by atoms with van der Waals surface area (Å²) in [5.74, 6) is 0. The first-order valence-corrected chi connectivity index (χ1v) is 5.63. The Kier molecular flexibility index (Phi) is 6.07. The molecule has 2 N–H and O–H groups in total. The number of nitrogens with one attached hydrogen (secondary N) is 1. The number of rotatable bonds is 8. The van der Waals surface area contributed by atoms with Crippen molar-refractivity contribution < 1.29 is 9.84 Å². The second-order valence-electron chi connectivity index (χ2n) is 3.77. The van der Waals surface area contributed by atoms with E-state index in [9.17, 15) is 0 Å². The van der Waals surface area contributed by atoms with Crippen LogP contribution in [0.5, 0.6) is 0 Å². The van der Waals surface area contributed by atoms with E-state index in [1.54, 1.807) is 0 Å². The van der Waals surface area contributed by atoms with Gasteiger partial charge in [0.1, 0.15) is 0 Å². The van der Waals surface area contributed by atoms with E-state index in [-0.39, 0.29) is 6.61 Å². The van der Waals surface area contributed by atoms with E-state index < -0.39 is 0 Å². The van der Waals surface area contributed by atoms with Crippen LogP contribution in [0.4, 0.5) is 0 Å². The first-order chi connectivity index (χ1) is 7.74. The Balaban J connectivity index is 2.05. The summed E-state index contributed by atoms with van der Waals surface area (Å²) in [6.45, 7) is 4.96. The molecule has 5 heteroatoms. The van der Waals surface area contributed by atoms with Crippen LogP contribution in [0.2, 0.25) is 0 Å². The van der Waals surface area contributed by atoms with Crippen LogP contribution in [-0.4, -0.2) is 41.3 Å². The van der Waals surface area contributed by atoms with Gasteiger partial charge >= 0.3 is 0 Å². The van der Waals surface area contributed by atoms with E-state index in [0.29, 0.717) is 13.2 Å². The van der Waals surface area contributed by atoms with Crippen molar-refractivity contribution in [1.82, 2.24) is 15.1 Å². The van der Waals surface area contributed by atoms with Gasteiger partial charge in [0.2, 0.25) is 0 Å². The Morgan fingerprint density at radius 3 is 2.94 bits per heavy atom. The highest BCUT2D eigenvalue weighted by Crippen LogP contribution is 2.00. The highest BCUT2D eigenvalue weighted by molar-refractivity contribution is 5.08. The summed E-state index contributed by atoms with van der Waals surface area (Å²) in [5, 5.41) is 16.1. The molecule has 0 fully saturated rings. The molecule has 1 aromatic heterocycles. The number of ether oxygens (including phenoxy) is 1. The minimum Gasteiger partial charge on any atom is -0.394 e. The third kappa shape index (κ3) is 4.74. The van der Waals surface area contributed by atoms with Crippen molar-refractivity contribution in [3.8, 4) is 0 Å². The van der Waals surface area contributed by atoms with Gasteiger partial charge < -0.3 is 15.2 Å². The van der Waals surface area contributed by atoms with Crippen LogP contribution in [0.25, 0.3) is 0 Å². The lowest BCUT2D eigenvalue weighted by molar-refractivity contribution is 0.0907. The van der Waals surface area contributed by atoms with E-state index in [2.05, 4.69) is 16.5 Å². The molecule has 1 rings (SSSR count). The van der Waals surface area contributed by atoms with Gasteiger partial charge in [0, 0.05) is 20.2 Å². The standard InChI is InChI=1S/C11H21N3O2/c1-10-8-11(14(2)13-10)9-12-4-3-6-16-7-5-15/h8,12,15H,3-7,9H2,1-2H3. The Morgan fingerprint density at radius 1 is 1.50 bits per heavy atom. The van der Waals surface area contributed by atoms with Gasteiger partial charge in [0.15, 0.2) is 0 Å². The monoisotopic (exact) mass is 227 g/mol. The fourth-order valence-corrected chi connectivity index (χ4v) is 1.51. The minimum absolute atomic E-state index is 0.0989. The summed E-state index contributed by atoms with van der Waals surface area (Å²) < 4.78 is 7.05. The highest BCUT2D eigenvalue weighted by Gasteiger charge is 2.00. The third-order valence-corrected chi connectivity index (χ3v) is 2.28. The summed E-state index contributed by atoms with van der Waals surface area (Å²) in [5.41, 5.74) is 2.24. The largest absolute Gasteiger partial charge is 0.394 e. The zero-order chi connectivity index (χ0) is 11.8. The molecule has 0 aliphatic heterocycles. The molecule has 0 saturated carbocycles. The molecule has 1 aromatic rings. The van der Waals surface area contributed by atoms with Crippen molar-refractivity contribution in [2.45, 2.75) is 19.9 Å². The molecule has 0 atom stereocenters. The van der Waals surface area contributed by atoms with Gasteiger partial charge in [-0.25, -0.2) is 0 Å². The molecule has 16 heavy (non-hydrogen) atoms. The molecule has 92 valence electrons. The van der Waals surface area contributed by atoms with Crippen molar-refractivity contribution in [2.75, 3.05) is 26.4 Å². The van der Waals surface area contributed by atoms with Crippen LogP contribution in [0, 0.1) is 6.92 Å². The van der Waals surface area contributed by atoms with Crippen LogP contribution in [0.3, 0.4) is 0 Å². The molecule has 0 spiro atoms. The number of aliphatic hydroxyl groups excluding tert-OH is 1. The lowest BCUT2D eigenvalue weighted by atomic mass is 10.3. The molecule has 5 nitrogen and oxygen atoms in total. The molecule has 0 radical (unpaired) electrons. The minimum atomic E-state index is 0.0989. The Hall–Kier alpha value is -0.910. The van der Waals surface area contributed by atoms with Crippen LogP contribution < -0.4 is 5.32 Å². The summed E-state index contributed by atoms with van der Waals surface area (Å²) in [4.78, 5) is 0. The predicted octanol–water partition coefficient (Wildman–Crippen LogP) is 0.217. The van der Waals surface area contributed by atoms with E-state index in [1.807, 2.05) is 18.7 Å². The summed E-state index contributed by atoms with van der Waals surface area (Å²) in [6, 6.07) is 2.08. The smallest absolute Gasteiger partial charge is 0.0697 e. The number of hydrogen-bond donors (Lipinski definition) is 2. The quantitative estimate of drug-likeness (QED) is 0.624. The molecular formula is C11H21N3O2. The maximum atomic E-state index is 8.50. The van der Waals surface area contributed by atoms with Crippen molar-refractivity contribution >= 4 is 0 Å². The second kappa shape index (κ2) is 7.38. The van der Waals surface area contributed by atoms with Crippen LogP contribution in [0.1, 0.15) is 17.8 Å². The van der Waals surface area contributed by atoms with Crippen LogP contribution in [0.15, 0.2) is 6.07 Å². The van der Waals surface area contributed by atoms with E-state index >= 15 is 0 Å². The topological polar surface area (TPSA) is 59.3 Å². The van der Waals surface area contributed by atoms with Crippen LogP contribution >= 0.6 is 0 Å². The summed E-state index contributed by atoms with van der Waals surface area (Å²) in [6.07, 6.45) is 0.955. The average molecular weight is 227 g/mol. The van der Waals surface area contributed by atoms with Crippen molar-refractivity contribution in [2.24, 2.45) is 7.05 Å². The summed E-state index contributed by atoms with van der Waals surface area (Å²) in [7, 11) is 1.95. The van der Waals surface area contributed by atoms with Gasteiger partial charge in [0.05, 0.1) is 24.6 Å². The highest BCUT2D eigenvalue weighted by atomic mass is 16.5. The number of aryl methyl sites for hydroxylation is 2. The van der Waals surface area contributed by atoms with Gasteiger partial charge in [-0.1, -0.05) is 0 Å². The molecule has 0 aliphatic rings. The molecular weight excluding hydrogens is 206 g/mol. The SMILES string of the molecule is Cc1cc(CNCCCOCCO)n(C)n1. The third-order valence-electron chi connectivity index (χ3n) is 2.28. The van der Waals surface area contributed by atoms with Gasteiger partial charge in [-0.2, -0.15) is 5.10 Å². The Bertz CT molecular complexity index is 299. The number of nitrogens with zero attached hydrogens (tertiary/aromatic N) is 2. The Labute approximate surface area is 96.4 Å². The number of hydrogen-bond acceptors (Lipinski definition) is 4. The van der Waals surface area contributed by atoms with E-state index in [4.69, 9.17) is 9.84 Å². The molecule has 0 unspecified atom stereocenters. The van der Waals surface area contributed by atoms with E-state index in [0.717, 1.165) is 25.2 Å². The normalized spacial score (nSPS) is 10.9. The lowest BCUT2D eigenvalue weighted by Gasteiger charge is -2.05.